The second kappa shape index (κ2) is 7.01. The minimum atomic E-state index is -0.215. The highest BCUT2D eigenvalue weighted by Gasteiger charge is 2.07. The molecule has 4 heteroatoms. The van der Waals surface area contributed by atoms with Gasteiger partial charge in [0.15, 0.2) is 0 Å². The first-order chi connectivity index (χ1) is 9.74. The van der Waals surface area contributed by atoms with Crippen LogP contribution in [0.4, 0.5) is 16.2 Å². The van der Waals surface area contributed by atoms with E-state index in [1.165, 1.54) is 0 Å². The van der Waals surface area contributed by atoms with E-state index in [-0.39, 0.29) is 6.03 Å². The average Bonchev–Trinajstić information content (AvgIpc) is 2.48. The molecule has 20 heavy (non-hydrogen) atoms. The zero-order valence-electron chi connectivity index (χ0n) is 11.6. The molecule has 0 aliphatic rings. The van der Waals surface area contributed by atoms with Crippen LogP contribution in [0.2, 0.25) is 0 Å². The SMILES string of the molecule is CCc1ccccc1NC(=O)Nc1ccccc1SC. The minimum absolute atomic E-state index is 0.215. The standard InChI is InChI=1S/C16H18N2OS/c1-3-12-8-4-5-9-13(12)17-16(19)18-14-10-6-7-11-15(14)20-2/h4-11H,3H2,1-2H3,(H2,17,18,19). The van der Waals surface area contributed by atoms with E-state index in [4.69, 9.17) is 0 Å². The van der Waals surface area contributed by atoms with Gasteiger partial charge in [0, 0.05) is 10.6 Å². The van der Waals surface area contributed by atoms with Crippen molar-refractivity contribution in [2.24, 2.45) is 0 Å². The second-order valence-electron chi connectivity index (χ2n) is 4.29. The molecule has 104 valence electrons. The van der Waals surface area contributed by atoms with Gasteiger partial charge in [0.1, 0.15) is 0 Å². The number of carbonyl (C=O) groups excluding carboxylic acids is 1. The average molecular weight is 286 g/mol. The highest BCUT2D eigenvalue weighted by Crippen LogP contribution is 2.25. The van der Waals surface area contributed by atoms with E-state index >= 15 is 0 Å². The van der Waals surface area contributed by atoms with E-state index < -0.39 is 0 Å². The van der Waals surface area contributed by atoms with Crippen molar-refractivity contribution in [3.05, 3.63) is 54.1 Å². The van der Waals surface area contributed by atoms with Crippen LogP contribution in [0.25, 0.3) is 0 Å². The highest BCUT2D eigenvalue weighted by molar-refractivity contribution is 7.98. The normalized spacial score (nSPS) is 10.1. The molecule has 0 aliphatic heterocycles. The fourth-order valence-electron chi connectivity index (χ4n) is 1.97. The zero-order chi connectivity index (χ0) is 14.4. The van der Waals surface area contributed by atoms with Gasteiger partial charge in [0.05, 0.1) is 5.69 Å². The number of carbonyl (C=O) groups is 1. The van der Waals surface area contributed by atoms with Crippen molar-refractivity contribution in [1.82, 2.24) is 0 Å². The molecule has 3 nitrogen and oxygen atoms in total. The molecule has 0 heterocycles. The highest BCUT2D eigenvalue weighted by atomic mass is 32.2. The molecule has 0 unspecified atom stereocenters. The van der Waals surface area contributed by atoms with E-state index in [1.54, 1.807) is 11.8 Å². The Bertz CT molecular complexity index is 547. The molecule has 0 aromatic heterocycles. The van der Waals surface area contributed by atoms with E-state index in [9.17, 15) is 4.79 Å². The molecule has 0 atom stereocenters. The molecule has 0 aliphatic carbocycles. The number of aryl methyl sites for hydroxylation is 1. The lowest BCUT2D eigenvalue weighted by Gasteiger charge is -2.12. The largest absolute Gasteiger partial charge is 0.323 e. The molecule has 2 rings (SSSR count). The van der Waals surface area contributed by atoms with Gasteiger partial charge in [-0.3, -0.25) is 0 Å². The second-order valence-corrected chi connectivity index (χ2v) is 5.14. The fraction of sp³-hybridized carbons (Fsp3) is 0.188. The van der Waals surface area contributed by atoms with Crippen molar-refractivity contribution in [3.8, 4) is 0 Å². The van der Waals surface area contributed by atoms with Crippen LogP contribution < -0.4 is 10.6 Å². The summed E-state index contributed by atoms with van der Waals surface area (Å²) in [6, 6.07) is 15.4. The molecular formula is C16H18N2OS. The first-order valence-corrected chi connectivity index (χ1v) is 7.76. The van der Waals surface area contributed by atoms with Crippen LogP contribution in [-0.4, -0.2) is 12.3 Å². The van der Waals surface area contributed by atoms with Crippen molar-refractivity contribution < 1.29 is 4.79 Å². The van der Waals surface area contributed by atoms with E-state index in [0.29, 0.717) is 0 Å². The minimum Gasteiger partial charge on any atom is -0.307 e. The zero-order valence-corrected chi connectivity index (χ0v) is 12.5. The van der Waals surface area contributed by atoms with Gasteiger partial charge >= 0.3 is 6.03 Å². The van der Waals surface area contributed by atoms with Crippen LogP contribution in [0.15, 0.2) is 53.4 Å². The van der Waals surface area contributed by atoms with Crippen molar-refractivity contribution >= 4 is 29.2 Å². The first-order valence-electron chi connectivity index (χ1n) is 6.53. The molecule has 2 aromatic rings. The van der Waals surface area contributed by atoms with E-state index in [1.807, 2.05) is 54.8 Å². The number of hydrogen-bond acceptors (Lipinski definition) is 2. The molecule has 0 radical (unpaired) electrons. The molecule has 2 aromatic carbocycles. The maximum absolute atomic E-state index is 12.1. The van der Waals surface area contributed by atoms with Crippen LogP contribution in [0.3, 0.4) is 0 Å². The third-order valence-electron chi connectivity index (χ3n) is 3.00. The number of anilines is 2. The molecule has 0 fully saturated rings. The summed E-state index contributed by atoms with van der Waals surface area (Å²) < 4.78 is 0. The maximum Gasteiger partial charge on any atom is 0.323 e. The van der Waals surface area contributed by atoms with Crippen LogP contribution in [0.5, 0.6) is 0 Å². The van der Waals surface area contributed by atoms with Gasteiger partial charge in [-0.05, 0) is 36.4 Å². The Kier molecular flexibility index (Phi) is 5.07. The van der Waals surface area contributed by atoms with Crippen molar-refractivity contribution in [2.45, 2.75) is 18.2 Å². The summed E-state index contributed by atoms with van der Waals surface area (Å²) in [5, 5.41) is 5.79. The van der Waals surface area contributed by atoms with Gasteiger partial charge in [-0.15, -0.1) is 11.8 Å². The van der Waals surface area contributed by atoms with Crippen LogP contribution in [-0.2, 0) is 6.42 Å². The molecule has 0 bridgehead atoms. The molecule has 0 saturated carbocycles. The first kappa shape index (κ1) is 14.5. The van der Waals surface area contributed by atoms with Crippen molar-refractivity contribution in [3.63, 3.8) is 0 Å². The van der Waals surface area contributed by atoms with Crippen LogP contribution in [0, 0.1) is 0 Å². The number of para-hydroxylation sites is 2. The monoisotopic (exact) mass is 286 g/mol. The predicted molar refractivity (Wildman–Crippen MR) is 86.7 cm³/mol. The molecule has 2 N–H and O–H groups in total. The van der Waals surface area contributed by atoms with Crippen LogP contribution >= 0.6 is 11.8 Å². The van der Waals surface area contributed by atoms with Crippen molar-refractivity contribution in [2.75, 3.05) is 16.9 Å². The number of nitrogens with one attached hydrogen (secondary N) is 2. The Balaban J connectivity index is 2.09. The number of amides is 2. The van der Waals surface area contributed by atoms with E-state index in [2.05, 4.69) is 17.6 Å². The number of rotatable bonds is 4. The Morgan fingerprint density at radius 1 is 1.00 bits per heavy atom. The lowest BCUT2D eigenvalue weighted by atomic mass is 10.1. The summed E-state index contributed by atoms with van der Waals surface area (Å²) in [6.45, 7) is 2.07. The van der Waals surface area contributed by atoms with Gasteiger partial charge in [-0.25, -0.2) is 4.79 Å². The summed E-state index contributed by atoms with van der Waals surface area (Å²) in [6.07, 6.45) is 2.88. The summed E-state index contributed by atoms with van der Waals surface area (Å²) in [5.41, 5.74) is 2.81. The summed E-state index contributed by atoms with van der Waals surface area (Å²) in [4.78, 5) is 13.1. The Labute approximate surface area is 123 Å². The third kappa shape index (κ3) is 3.54. The van der Waals surface area contributed by atoms with Gasteiger partial charge in [-0.2, -0.15) is 0 Å². The van der Waals surface area contributed by atoms with Crippen LogP contribution in [0.1, 0.15) is 12.5 Å². The van der Waals surface area contributed by atoms with Gasteiger partial charge < -0.3 is 10.6 Å². The molecular weight excluding hydrogens is 268 g/mol. The lowest BCUT2D eigenvalue weighted by Crippen LogP contribution is -2.20. The van der Waals surface area contributed by atoms with Gasteiger partial charge in [-0.1, -0.05) is 37.3 Å². The number of urea groups is 1. The molecule has 0 spiro atoms. The van der Waals surface area contributed by atoms with Crippen molar-refractivity contribution in [1.29, 1.82) is 0 Å². The Morgan fingerprint density at radius 2 is 1.60 bits per heavy atom. The summed E-state index contributed by atoms with van der Waals surface area (Å²) in [7, 11) is 0. The maximum atomic E-state index is 12.1. The third-order valence-corrected chi connectivity index (χ3v) is 3.80. The fourth-order valence-corrected chi connectivity index (χ4v) is 2.53. The number of hydrogen-bond donors (Lipinski definition) is 2. The Hall–Kier alpha value is -1.94. The summed E-state index contributed by atoms with van der Waals surface area (Å²) in [5.74, 6) is 0. The quantitative estimate of drug-likeness (QED) is 0.805. The van der Waals surface area contributed by atoms with E-state index in [0.717, 1.165) is 28.3 Å². The predicted octanol–water partition coefficient (Wildman–Crippen LogP) is 4.61. The summed E-state index contributed by atoms with van der Waals surface area (Å²) >= 11 is 1.61. The molecule has 0 saturated heterocycles. The molecule has 2 amide bonds. The van der Waals surface area contributed by atoms with Gasteiger partial charge in [0.25, 0.3) is 0 Å². The number of thioether (sulfide) groups is 1. The topological polar surface area (TPSA) is 41.1 Å². The van der Waals surface area contributed by atoms with Gasteiger partial charge in [0.2, 0.25) is 0 Å². The lowest BCUT2D eigenvalue weighted by molar-refractivity contribution is 0.262. The number of benzene rings is 2. The Morgan fingerprint density at radius 3 is 2.30 bits per heavy atom. The smallest absolute Gasteiger partial charge is 0.307 e.